The summed E-state index contributed by atoms with van der Waals surface area (Å²) in [6.07, 6.45) is 1.80. The maximum Gasteiger partial charge on any atom is 0.0596 e. The SMILES string of the molecule is Cc1cc(C(C)(C)C)n(CC2CC(O)C2)n1. The van der Waals surface area contributed by atoms with Gasteiger partial charge in [0.1, 0.15) is 0 Å². The van der Waals surface area contributed by atoms with E-state index in [0.29, 0.717) is 5.92 Å². The van der Waals surface area contributed by atoms with E-state index < -0.39 is 0 Å². The minimum atomic E-state index is -0.0697. The van der Waals surface area contributed by atoms with Crippen LogP contribution in [-0.2, 0) is 12.0 Å². The molecule has 1 aliphatic carbocycles. The molecule has 0 aromatic carbocycles. The van der Waals surface area contributed by atoms with Crippen molar-refractivity contribution < 1.29 is 5.11 Å². The van der Waals surface area contributed by atoms with Crippen molar-refractivity contribution in [1.82, 2.24) is 9.78 Å². The number of hydrogen-bond donors (Lipinski definition) is 1. The van der Waals surface area contributed by atoms with Gasteiger partial charge >= 0.3 is 0 Å². The molecule has 2 rings (SSSR count). The highest BCUT2D eigenvalue weighted by atomic mass is 16.3. The van der Waals surface area contributed by atoms with Crippen LogP contribution in [-0.4, -0.2) is 21.0 Å². The van der Waals surface area contributed by atoms with Crippen molar-refractivity contribution in [3.8, 4) is 0 Å². The molecule has 1 N–H and O–H groups in total. The molecule has 90 valence electrons. The molecular weight excluding hydrogens is 200 g/mol. The molecule has 1 fully saturated rings. The third-order valence-corrected chi connectivity index (χ3v) is 3.31. The average molecular weight is 222 g/mol. The molecule has 3 heteroatoms. The van der Waals surface area contributed by atoms with Crippen molar-refractivity contribution >= 4 is 0 Å². The Kier molecular flexibility index (Phi) is 2.82. The van der Waals surface area contributed by atoms with Crippen molar-refractivity contribution in [2.45, 2.75) is 58.6 Å². The second-order valence-electron chi connectivity index (χ2n) is 6.09. The van der Waals surface area contributed by atoms with Gasteiger partial charge in [-0.3, -0.25) is 4.68 Å². The van der Waals surface area contributed by atoms with E-state index in [1.807, 2.05) is 6.92 Å². The quantitative estimate of drug-likeness (QED) is 0.833. The molecule has 0 amide bonds. The Morgan fingerprint density at radius 1 is 1.44 bits per heavy atom. The third-order valence-electron chi connectivity index (χ3n) is 3.31. The van der Waals surface area contributed by atoms with Crippen LogP contribution in [0, 0.1) is 12.8 Å². The molecule has 1 heterocycles. The summed E-state index contributed by atoms with van der Waals surface area (Å²) < 4.78 is 2.13. The minimum Gasteiger partial charge on any atom is -0.393 e. The largest absolute Gasteiger partial charge is 0.393 e. The molecule has 0 atom stereocenters. The fourth-order valence-corrected chi connectivity index (χ4v) is 2.38. The third kappa shape index (κ3) is 2.29. The van der Waals surface area contributed by atoms with E-state index in [1.165, 1.54) is 5.69 Å². The first kappa shape index (κ1) is 11.6. The molecule has 16 heavy (non-hydrogen) atoms. The summed E-state index contributed by atoms with van der Waals surface area (Å²) in [5, 5.41) is 13.9. The lowest BCUT2D eigenvalue weighted by atomic mass is 9.82. The number of aliphatic hydroxyl groups excluding tert-OH is 1. The van der Waals surface area contributed by atoms with Crippen LogP contribution >= 0.6 is 0 Å². The Balaban J connectivity index is 2.14. The molecule has 0 aliphatic heterocycles. The van der Waals surface area contributed by atoms with Crippen LogP contribution in [0.2, 0.25) is 0 Å². The highest BCUT2D eigenvalue weighted by Crippen LogP contribution is 2.31. The molecule has 0 saturated heterocycles. The Labute approximate surface area is 97.5 Å². The zero-order valence-electron chi connectivity index (χ0n) is 10.7. The molecule has 0 spiro atoms. The second-order valence-corrected chi connectivity index (χ2v) is 6.09. The number of aryl methyl sites for hydroxylation is 1. The number of nitrogens with zero attached hydrogens (tertiary/aromatic N) is 2. The van der Waals surface area contributed by atoms with E-state index in [-0.39, 0.29) is 11.5 Å². The normalized spacial score (nSPS) is 25.6. The van der Waals surface area contributed by atoms with Crippen LogP contribution < -0.4 is 0 Å². The maximum atomic E-state index is 9.30. The van der Waals surface area contributed by atoms with Gasteiger partial charge in [0.15, 0.2) is 0 Å². The van der Waals surface area contributed by atoms with Crippen molar-refractivity contribution in [1.29, 1.82) is 0 Å². The van der Waals surface area contributed by atoms with Crippen LogP contribution in [0.15, 0.2) is 6.07 Å². The molecule has 0 unspecified atom stereocenters. The van der Waals surface area contributed by atoms with Gasteiger partial charge < -0.3 is 5.11 Å². The van der Waals surface area contributed by atoms with Crippen molar-refractivity contribution in [3.63, 3.8) is 0 Å². The Bertz CT molecular complexity index is 370. The van der Waals surface area contributed by atoms with E-state index in [9.17, 15) is 5.11 Å². The first-order valence-electron chi connectivity index (χ1n) is 6.09. The van der Waals surface area contributed by atoms with Gasteiger partial charge in [-0.25, -0.2) is 0 Å². The highest BCUT2D eigenvalue weighted by Gasteiger charge is 2.29. The lowest BCUT2D eigenvalue weighted by Crippen LogP contribution is -2.33. The molecule has 1 aliphatic rings. The maximum absolute atomic E-state index is 9.30. The molecule has 0 radical (unpaired) electrons. The van der Waals surface area contributed by atoms with Crippen LogP contribution in [0.3, 0.4) is 0 Å². The molecule has 1 aromatic heterocycles. The predicted molar refractivity (Wildman–Crippen MR) is 64.4 cm³/mol. The molecular formula is C13H22N2O. The van der Waals surface area contributed by atoms with Crippen molar-refractivity contribution in [2.24, 2.45) is 5.92 Å². The van der Waals surface area contributed by atoms with Gasteiger partial charge in [0.05, 0.1) is 11.8 Å². The smallest absolute Gasteiger partial charge is 0.0596 e. The van der Waals surface area contributed by atoms with Gasteiger partial charge in [-0.05, 0) is 31.7 Å². The van der Waals surface area contributed by atoms with Gasteiger partial charge in [0.25, 0.3) is 0 Å². The van der Waals surface area contributed by atoms with Crippen LogP contribution in [0.25, 0.3) is 0 Å². The summed E-state index contributed by atoms with van der Waals surface area (Å²) in [5.74, 6) is 0.607. The van der Waals surface area contributed by atoms with E-state index in [1.54, 1.807) is 0 Å². The van der Waals surface area contributed by atoms with Gasteiger partial charge in [-0.1, -0.05) is 20.8 Å². The Morgan fingerprint density at radius 3 is 2.56 bits per heavy atom. The van der Waals surface area contributed by atoms with E-state index in [2.05, 4.69) is 36.6 Å². The standard InChI is InChI=1S/C13H22N2O/c1-9-5-12(13(2,3)4)15(14-9)8-10-6-11(16)7-10/h5,10-11,16H,6-8H2,1-4H3. The van der Waals surface area contributed by atoms with Crippen LogP contribution in [0.1, 0.15) is 45.0 Å². The molecule has 3 nitrogen and oxygen atoms in total. The van der Waals surface area contributed by atoms with E-state index in [4.69, 9.17) is 0 Å². The first-order valence-corrected chi connectivity index (χ1v) is 6.09. The molecule has 1 aromatic rings. The highest BCUT2D eigenvalue weighted by molar-refractivity contribution is 5.17. The van der Waals surface area contributed by atoms with Crippen LogP contribution in [0.5, 0.6) is 0 Å². The van der Waals surface area contributed by atoms with Crippen LogP contribution in [0.4, 0.5) is 0 Å². The second kappa shape index (κ2) is 3.88. The van der Waals surface area contributed by atoms with Gasteiger partial charge in [0, 0.05) is 17.7 Å². The minimum absolute atomic E-state index is 0.0697. The summed E-state index contributed by atoms with van der Waals surface area (Å²) in [6, 6.07) is 2.18. The Hall–Kier alpha value is -0.830. The zero-order valence-corrected chi connectivity index (χ0v) is 10.7. The summed E-state index contributed by atoms with van der Waals surface area (Å²) in [7, 11) is 0. The average Bonchev–Trinajstić information content (AvgIpc) is 2.43. The van der Waals surface area contributed by atoms with Gasteiger partial charge in [0.2, 0.25) is 0 Å². The van der Waals surface area contributed by atoms with E-state index in [0.717, 1.165) is 25.1 Å². The summed E-state index contributed by atoms with van der Waals surface area (Å²) in [5.41, 5.74) is 2.53. The van der Waals surface area contributed by atoms with Gasteiger partial charge in [-0.2, -0.15) is 5.10 Å². The lowest BCUT2D eigenvalue weighted by molar-refractivity contribution is 0.0329. The monoisotopic (exact) mass is 222 g/mol. The molecule has 0 bridgehead atoms. The zero-order chi connectivity index (χ0) is 11.9. The number of aromatic nitrogens is 2. The summed E-state index contributed by atoms with van der Waals surface area (Å²) in [6.45, 7) is 9.65. The topological polar surface area (TPSA) is 38.0 Å². The lowest BCUT2D eigenvalue weighted by Gasteiger charge is -2.32. The summed E-state index contributed by atoms with van der Waals surface area (Å²) >= 11 is 0. The number of rotatable bonds is 2. The van der Waals surface area contributed by atoms with E-state index >= 15 is 0 Å². The van der Waals surface area contributed by atoms with Gasteiger partial charge in [-0.15, -0.1) is 0 Å². The Morgan fingerprint density at radius 2 is 2.06 bits per heavy atom. The first-order chi connectivity index (χ1) is 7.36. The molecule has 1 saturated carbocycles. The van der Waals surface area contributed by atoms with Crippen molar-refractivity contribution in [2.75, 3.05) is 0 Å². The fraction of sp³-hybridized carbons (Fsp3) is 0.769. The van der Waals surface area contributed by atoms with Crippen molar-refractivity contribution in [3.05, 3.63) is 17.5 Å². The predicted octanol–water partition coefficient (Wildman–Crippen LogP) is 2.26. The number of hydrogen-bond acceptors (Lipinski definition) is 2. The number of aliphatic hydroxyl groups is 1. The summed E-state index contributed by atoms with van der Waals surface area (Å²) in [4.78, 5) is 0. The fourth-order valence-electron chi connectivity index (χ4n) is 2.38.